The first-order valence-electron chi connectivity index (χ1n) is 15.9. The second kappa shape index (κ2) is 11.4. The van der Waals surface area contributed by atoms with Crippen molar-refractivity contribution in [3.63, 3.8) is 0 Å². The summed E-state index contributed by atoms with van der Waals surface area (Å²) in [7, 11) is 0. The fourth-order valence-electron chi connectivity index (χ4n) is 6.86. The van der Waals surface area contributed by atoms with Gasteiger partial charge < -0.3 is 0 Å². The maximum absolute atomic E-state index is 9.59. The van der Waals surface area contributed by atoms with Crippen LogP contribution in [0, 0.1) is 11.3 Å². The summed E-state index contributed by atoms with van der Waals surface area (Å²) < 4.78 is 0. The average Bonchev–Trinajstić information content (AvgIpc) is 3.37. The first-order valence-corrected chi connectivity index (χ1v) is 15.9. The molecule has 0 atom stereocenters. The van der Waals surface area contributed by atoms with Crippen molar-refractivity contribution in [2.75, 3.05) is 0 Å². The van der Waals surface area contributed by atoms with E-state index in [-0.39, 0.29) is 5.41 Å². The summed E-state index contributed by atoms with van der Waals surface area (Å²) in [4.78, 5) is 9.56. The Labute approximate surface area is 275 Å². The molecule has 2 aromatic heterocycles. The van der Waals surface area contributed by atoms with E-state index in [0.29, 0.717) is 5.56 Å². The average molecular weight is 602 g/mol. The smallest absolute Gasteiger partial charge is 0.0991 e. The molecule has 0 saturated heterocycles. The maximum atomic E-state index is 9.59. The Balaban J connectivity index is 1.32. The molecule has 222 valence electrons. The predicted molar refractivity (Wildman–Crippen MR) is 191 cm³/mol. The van der Waals surface area contributed by atoms with Gasteiger partial charge in [0.1, 0.15) is 0 Å². The molecule has 5 aromatic carbocycles. The van der Waals surface area contributed by atoms with Gasteiger partial charge in [0.25, 0.3) is 0 Å². The molecule has 0 N–H and O–H groups in total. The van der Waals surface area contributed by atoms with Crippen LogP contribution in [0.1, 0.15) is 30.5 Å². The van der Waals surface area contributed by atoms with Crippen molar-refractivity contribution in [2.45, 2.75) is 19.3 Å². The molecule has 0 bridgehead atoms. The minimum atomic E-state index is -0.225. The van der Waals surface area contributed by atoms with Gasteiger partial charge in [-0.2, -0.15) is 5.26 Å². The Kier molecular flexibility index (Phi) is 6.85. The second-order valence-electron chi connectivity index (χ2n) is 12.7. The number of aromatic nitrogens is 2. The number of rotatable bonds is 5. The minimum absolute atomic E-state index is 0.225. The van der Waals surface area contributed by atoms with Crippen molar-refractivity contribution < 1.29 is 0 Å². The van der Waals surface area contributed by atoms with Crippen molar-refractivity contribution in [3.8, 4) is 73.1 Å². The van der Waals surface area contributed by atoms with Gasteiger partial charge in [0.05, 0.1) is 23.0 Å². The number of nitriles is 1. The molecule has 0 radical (unpaired) electrons. The van der Waals surface area contributed by atoms with Gasteiger partial charge in [-0.3, -0.25) is 4.98 Å². The van der Waals surface area contributed by atoms with Gasteiger partial charge in [-0.1, -0.05) is 98.8 Å². The molecule has 0 amide bonds. The Morgan fingerprint density at radius 2 is 1.02 bits per heavy atom. The Hall–Kier alpha value is -6.11. The molecule has 7 aromatic rings. The van der Waals surface area contributed by atoms with Gasteiger partial charge in [0.2, 0.25) is 0 Å². The first kappa shape index (κ1) is 28.4. The Bertz CT molecular complexity index is 2260. The summed E-state index contributed by atoms with van der Waals surface area (Å²) in [5.74, 6) is 0. The van der Waals surface area contributed by atoms with Crippen LogP contribution < -0.4 is 0 Å². The van der Waals surface area contributed by atoms with Crippen LogP contribution in [0.3, 0.4) is 0 Å². The highest BCUT2D eigenvalue weighted by molar-refractivity contribution is 5.87. The number of fused-ring (bicyclic) bond motifs is 3. The molecule has 0 saturated carbocycles. The van der Waals surface area contributed by atoms with Crippen molar-refractivity contribution in [3.05, 3.63) is 169 Å². The molecule has 47 heavy (non-hydrogen) atoms. The number of nitrogens with zero attached hydrogens (tertiary/aromatic N) is 3. The summed E-state index contributed by atoms with van der Waals surface area (Å²) in [6.07, 6.45) is 3.74. The molecule has 0 fully saturated rings. The molecule has 2 heterocycles. The highest BCUT2D eigenvalue weighted by atomic mass is 14.7. The minimum Gasteiger partial charge on any atom is -0.264 e. The quantitative estimate of drug-likeness (QED) is 0.197. The second-order valence-corrected chi connectivity index (χ2v) is 12.7. The SMILES string of the molecule is CC1(C)c2cc(C#N)ccc2-c2ccc(-c3cc(-c4cccnc4)cc(-c4cc(-c5ccccc5)nc(-c5ccccc5)c4)c3)cc21. The van der Waals surface area contributed by atoms with E-state index in [1.807, 2.05) is 42.7 Å². The van der Waals surface area contributed by atoms with Crippen molar-refractivity contribution in [1.29, 1.82) is 5.26 Å². The summed E-state index contributed by atoms with van der Waals surface area (Å²) >= 11 is 0. The Morgan fingerprint density at radius 1 is 0.489 bits per heavy atom. The van der Waals surface area contributed by atoms with E-state index < -0.39 is 0 Å². The van der Waals surface area contributed by atoms with E-state index in [1.54, 1.807) is 0 Å². The number of pyridine rings is 2. The van der Waals surface area contributed by atoms with Crippen LogP contribution in [-0.2, 0) is 5.41 Å². The highest BCUT2D eigenvalue weighted by Crippen LogP contribution is 2.50. The monoisotopic (exact) mass is 601 g/mol. The molecule has 0 spiro atoms. The number of hydrogen-bond donors (Lipinski definition) is 0. The molecule has 0 unspecified atom stereocenters. The summed E-state index contributed by atoms with van der Waals surface area (Å²) in [5, 5.41) is 9.59. The summed E-state index contributed by atoms with van der Waals surface area (Å²) in [5.41, 5.74) is 16.1. The van der Waals surface area contributed by atoms with Crippen molar-refractivity contribution in [1.82, 2.24) is 9.97 Å². The standard InChI is InChI=1S/C44H31N3/c1-44(2)40-20-29(27-45)15-17-38(40)39-18-16-32(24-41(39)44)34-21-35(33-14-9-19-46-28-33)23-36(22-34)37-25-42(30-10-5-3-6-11-30)47-43(26-37)31-12-7-4-8-13-31/h3-26,28H,1-2H3. The third-order valence-corrected chi connectivity index (χ3v) is 9.36. The zero-order chi connectivity index (χ0) is 32.0. The zero-order valence-electron chi connectivity index (χ0n) is 26.3. The molecule has 3 nitrogen and oxygen atoms in total. The highest BCUT2D eigenvalue weighted by Gasteiger charge is 2.35. The molecular formula is C44H31N3. The fraction of sp³-hybridized carbons (Fsp3) is 0.0682. The van der Waals surface area contributed by atoms with Gasteiger partial charge in [0, 0.05) is 34.5 Å². The van der Waals surface area contributed by atoms with Gasteiger partial charge in [-0.25, -0.2) is 4.98 Å². The van der Waals surface area contributed by atoms with Gasteiger partial charge in [-0.15, -0.1) is 0 Å². The van der Waals surface area contributed by atoms with E-state index >= 15 is 0 Å². The molecule has 3 heteroatoms. The summed E-state index contributed by atoms with van der Waals surface area (Å²) in [6.45, 7) is 4.51. The number of hydrogen-bond acceptors (Lipinski definition) is 3. The Morgan fingerprint density at radius 3 is 1.62 bits per heavy atom. The lowest BCUT2D eigenvalue weighted by atomic mass is 9.81. The van der Waals surface area contributed by atoms with E-state index in [4.69, 9.17) is 4.98 Å². The van der Waals surface area contributed by atoms with Crippen molar-refractivity contribution >= 4 is 0 Å². The normalized spacial score (nSPS) is 12.6. The van der Waals surface area contributed by atoms with Crippen LogP contribution in [0.5, 0.6) is 0 Å². The van der Waals surface area contributed by atoms with Crippen LogP contribution in [0.4, 0.5) is 0 Å². The van der Waals surface area contributed by atoms with E-state index in [1.165, 1.54) is 22.3 Å². The van der Waals surface area contributed by atoms with Crippen LogP contribution >= 0.6 is 0 Å². The largest absolute Gasteiger partial charge is 0.264 e. The maximum Gasteiger partial charge on any atom is 0.0991 e. The third-order valence-electron chi connectivity index (χ3n) is 9.36. The van der Waals surface area contributed by atoms with E-state index in [9.17, 15) is 5.26 Å². The zero-order valence-corrected chi connectivity index (χ0v) is 26.3. The van der Waals surface area contributed by atoms with Crippen LogP contribution in [0.2, 0.25) is 0 Å². The van der Waals surface area contributed by atoms with E-state index in [2.05, 4.69) is 134 Å². The van der Waals surface area contributed by atoms with Gasteiger partial charge >= 0.3 is 0 Å². The molecule has 8 rings (SSSR count). The van der Waals surface area contributed by atoms with Crippen LogP contribution in [0.15, 0.2) is 152 Å². The predicted octanol–water partition coefficient (Wildman–Crippen LogP) is 11.0. The van der Waals surface area contributed by atoms with Gasteiger partial charge in [0.15, 0.2) is 0 Å². The van der Waals surface area contributed by atoms with Gasteiger partial charge in [-0.05, 0) is 105 Å². The van der Waals surface area contributed by atoms with E-state index in [0.717, 1.165) is 55.9 Å². The fourth-order valence-corrected chi connectivity index (χ4v) is 6.86. The molecule has 1 aliphatic carbocycles. The lowest BCUT2D eigenvalue weighted by Gasteiger charge is -2.22. The lowest BCUT2D eigenvalue weighted by Crippen LogP contribution is -2.15. The molecular weight excluding hydrogens is 571 g/mol. The number of benzene rings is 5. The van der Waals surface area contributed by atoms with Crippen LogP contribution in [-0.4, -0.2) is 9.97 Å². The third kappa shape index (κ3) is 5.11. The molecule has 1 aliphatic rings. The molecule has 0 aliphatic heterocycles. The summed E-state index contributed by atoms with van der Waals surface area (Å²) in [6, 6.07) is 51.3. The first-order chi connectivity index (χ1) is 23.0. The topological polar surface area (TPSA) is 49.6 Å². The van der Waals surface area contributed by atoms with Crippen molar-refractivity contribution in [2.24, 2.45) is 0 Å². The lowest BCUT2D eigenvalue weighted by molar-refractivity contribution is 0.660. The van der Waals surface area contributed by atoms with Crippen LogP contribution in [0.25, 0.3) is 67.0 Å².